The van der Waals surface area contributed by atoms with E-state index in [9.17, 15) is 8.42 Å². The summed E-state index contributed by atoms with van der Waals surface area (Å²) in [5.41, 5.74) is 0.759. The van der Waals surface area contributed by atoms with E-state index in [1.807, 2.05) is 31.2 Å². The van der Waals surface area contributed by atoms with Crippen LogP contribution in [0.15, 0.2) is 24.3 Å². The van der Waals surface area contributed by atoms with Crippen LogP contribution in [0.4, 0.5) is 0 Å². The number of hydrogen-bond acceptors (Lipinski definition) is 4. The normalized spacial score (nSPS) is 18.4. The van der Waals surface area contributed by atoms with Gasteiger partial charge in [0.05, 0.1) is 12.9 Å². The van der Waals surface area contributed by atoms with Gasteiger partial charge in [0.2, 0.25) is 10.0 Å². The molecule has 1 aliphatic heterocycles. The van der Waals surface area contributed by atoms with Crippen LogP contribution in [0.5, 0.6) is 5.75 Å². The smallest absolute Gasteiger partial charge is 0.214 e. The van der Waals surface area contributed by atoms with Crippen molar-refractivity contribution in [2.45, 2.75) is 26.3 Å². The molecule has 0 unspecified atom stereocenters. The van der Waals surface area contributed by atoms with E-state index in [0.29, 0.717) is 19.8 Å². The van der Waals surface area contributed by atoms with Gasteiger partial charge >= 0.3 is 0 Å². The van der Waals surface area contributed by atoms with Gasteiger partial charge in [0, 0.05) is 26.8 Å². The van der Waals surface area contributed by atoms with Crippen LogP contribution in [0.3, 0.4) is 0 Å². The van der Waals surface area contributed by atoms with Crippen LogP contribution in [-0.2, 0) is 21.3 Å². The molecule has 0 amide bonds. The van der Waals surface area contributed by atoms with E-state index in [1.165, 1.54) is 4.31 Å². The molecule has 1 aromatic rings. The van der Waals surface area contributed by atoms with Crippen molar-refractivity contribution < 1.29 is 17.9 Å². The lowest BCUT2D eigenvalue weighted by Gasteiger charge is -2.34. The van der Waals surface area contributed by atoms with Crippen molar-refractivity contribution in [1.82, 2.24) is 4.31 Å². The molecular formula is C16H25NO4S. The summed E-state index contributed by atoms with van der Waals surface area (Å²) in [5, 5.41) is 0. The minimum atomic E-state index is -3.29. The van der Waals surface area contributed by atoms with Crippen LogP contribution in [-0.4, -0.2) is 45.8 Å². The zero-order valence-corrected chi connectivity index (χ0v) is 14.4. The molecule has 1 saturated heterocycles. The molecule has 0 aliphatic carbocycles. The predicted octanol–water partition coefficient (Wildman–Crippen LogP) is 2.27. The minimum absolute atomic E-state index is 0.177. The largest absolute Gasteiger partial charge is 0.497 e. The van der Waals surface area contributed by atoms with Crippen LogP contribution in [0.1, 0.15) is 25.3 Å². The van der Waals surface area contributed by atoms with Crippen molar-refractivity contribution in [2.75, 3.05) is 33.1 Å². The molecule has 124 valence electrons. The third-order valence-electron chi connectivity index (χ3n) is 4.27. The Morgan fingerprint density at radius 3 is 2.36 bits per heavy atom. The average Bonchev–Trinajstić information content (AvgIpc) is 2.47. The third-order valence-corrected chi connectivity index (χ3v) is 6.41. The molecule has 1 fully saturated rings. The Hall–Kier alpha value is -1.11. The minimum Gasteiger partial charge on any atom is -0.497 e. The molecule has 1 heterocycles. The van der Waals surface area contributed by atoms with Gasteiger partial charge in [0.1, 0.15) is 5.75 Å². The molecule has 0 atom stereocenters. The Bertz CT molecular complexity index is 577. The second-order valence-corrected chi connectivity index (χ2v) is 8.36. The van der Waals surface area contributed by atoms with Crippen LogP contribution in [0.2, 0.25) is 0 Å². The summed E-state index contributed by atoms with van der Waals surface area (Å²) in [4.78, 5) is 0. The standard InChI is InChI=1S/C16H25NO4S/c1-16(8-10-21-11-9-16)13-22(18,19)17(2)12-14-4-6-15(20-3)7-5-14/h4-7H,8-13H2,1-3H3. The Morgan fingerprint density at radius 2 is 1.82 bits per heavy atom. The van der Waals surface area contributed by atoms with Crippen LogP contribution in [0, 0.1) is 5.41 Å². The van der Waals surface area contributed by atoms with E-state index in [0.717, 1.165) is 24.2 Å². The summed E-state index contributed by atoms with van der Waals surface area (Å²) < 4.78 is 37.1. The Morgan fingerprint density at radius 1 is 1.23 bits per heavy atom. The lowest BCUT2D eigenvalue weighted by Crippen LogP contribution is -2.39. The molecule has 22 heavy (non-hydrogen) atoms. The maximum absolute atomic E-state index is 12.6. The maximum atomic E-state index is 12.6. The summed E-state index contributed by atoms with van der Waals surface area (Å²) in [6, 6.07) is 7.47. The van der Waals surface area contributed by atoms with Crippen molar-refractivity contribution in [1.29, 1.82) is 0 Å². The topological polar surface area (TPSA) is 55.8 Å². The van der Waals surface area contributed by atoms with Crippen molar-refractivity contribution in [3.8, 4) is 5.75 Å². The van der Waals surface area contributed by atoms with E-state index in [4.69, 9.17) is 9.47 Å². The van der Waals surface area contributed by atoms with Gasteiger partial charge in [-0.2, -0.15) is 0 Å². The summed E-state index contributed by atoms with van der Waals surface area (Å²) in [6.07, 6.45) is 1.59. The van der Waals surface area contributed by atoms with Gasteiger partial charge in [0.25, 0.3) is 0 Å². The first-order chi connectivity index (χ1) is 10.3. The summed E-state index contributed by atoms with van der Waals surface area (Å²) >= 11 is 0. The highest BCUT2D eigenvalue weighted by atomic mass is 32.2. The quantitative estimate of drug-likeness (QED) is 0.804. The van der Waals surface area contributed by atoms with Gasteiger partial charge in [0.15, 0.2) is 0 Å². The zero-order valence-electron chi connectivity index (χ0n) is 13.5. The van der Waals surface area contributed by atoms with E-state index in [1.54, 1.807) is 14.2 Å². The fourth-order valence-electron chi connectivity index (χ4n) is 2.65. The van der Waals surface area contributed by atoms with Gasteiger partial charge < -0.3 is 9.47 Å². The highest BCUT2D eigenvalue weighted by Gasteiger charge is 2.34. The molecule has 0 bridgehead atoms. The molecule has 0 N–H and O–H groups in total. The monoisotopic (exact) mass is 327 g/mol. The molecule has 0 spiro atoms. The molecule has 5 nitrogen and oxygen atoms in total. The lowest BCUT2D eigenvalue weighted by molar-refractivity contribution is 0.0337. The molecule has 1 aliphatic rings. The van der Waals surface area contributed by atoms with E-state index in [-0.39, 0.29) is 11.2 Å². The second kappa shape index (κ2) is 6.98. The molecule has 2 rings (SSSR count). The van der Waals surface area contributed by atoms with Crippen molar-refractivity contribution in [2.24, 2.45) is 5.41 Å². The zero-order chi connectivity index (χ0) is 16.2. The maximum Gasteiger partial charge on any atom is 0.214 e. The van der Waals surface area contributed by atoms with E-state index in [2.05, 4.69) is 0 Å². The van der Waals surface area contributed by atoms with Gasteiger partial charge in [-0.15, -0.1) is 0 Å². The first-order valence-corrected chi connectivity index (χ1v) is 9.10. The average molecular weight is 327 g/mol. The number of nitrogens with zero attached hydrogens (tertiary/aromatic N) is 1. The number of methoxy groups -OCH3 is 1. The predicted molar refractivity (Wildman–Crippen MR) is 86.4 cm³/mol. The summed E-state index contributed by atoms with van der Waals surface area (Å²) in [7, 11) is -0.0333. The third kappa shape index (κ3) is 4.44. The molecule has 0 saturated carbocycles. The van der Waals surface area contributed by atoms with Crippen molar-refractivity contribution in [3.63, 3.8) is 0 Å². The number of benzene rings is 1. The number of rotatable bonds is 6. The molecule has 0 radical (unpaired) electrons. The fraction of sp³-hybridized carbons (Fsp3) is 0.625. The van der Waals surface area contributed by atoms with Crippen molar-refractivity contribution in [3.05, 3.63) is 29.8 Å². The number of sulfonamides is 1. The highest BCUT2D eigenvalue weighted by molar-refractivity contribution is 7.89. The number of hydrogen-bond donors (Lipinski definition) is 0. The van der Waals surface area contributed by atoms with Gasteiger partial charge in [-0.1, -0.05) is 19.1 Å². The molecule has 0 aromatic heterocycles. The Kier molecular flexibility index (Phi) is 5.47. The van der Waals surface area contributed by atoms with Gasteiger partial charge in [-0.05, 0) is 36.0 Å². The molecule has 1 aromatic carbocycles. The number of ether oxygens (including phenoxy) is 2. The van der Waals surface area contributed by atoms with Gasteiger partial charge in [-0.25, -0.2) is 12.7 Å². The lowest BCUT2D eigenvalue weighted by atomic mass is 9.85. The van der Waals surface area contributed by atoms with E-state index >= 15 is 0 Å². The molecular weight excluding hydrogens is 302 g/mol. The van der Waals surface area contributed by atoms with Crippen LogP contribution in [0.25, 0.3) is 0 Å². The summed E-state index contributed by atoms with van der Waals surface area (Å²) in [6.45, 7) is 3.70. The fourth-order valence-corrected chi connectivity index (χ4v) is 4.38. The Labute approximate surface area is 133 Å². The second-order valence-electron chi connectivity index (χ2n) is 6.28. The SMILES string of the molecule is COc1ccc(CN(C)S(=O)(=O)CC2(C)CCOCC2)cc1. The van der Waals surface area contributed by atoms with Crippen LogP contribution >= 0.6 is 0 Å². The summed E-state index contributed by atoms with van der Waals surface area (Å²) in [5.74, 6) is 0.944. The van der Waals surface area contributed by atoms with Gasteiger partial charge in [-0.3, -0.25) is 0 Å². The molecule has 6 heteroatoms. The van der Waals surface area contributed by atoms with Crippen molar-refractivity contribution >= 4 is 10.0 Å². The first kappa shape index (κ1) is 17.2. The van der Waals surface area contributed by atoms with E-state index < -0.39 is 10.0 Å². The first-order valence-electron chi connectivity index (χ1n) is 7.49. The highest BCUT2D eigenvalue weighted by Crippen LogP contribution is 2.32. The Balaban J connectivity index is 2.01. The van der Waals surface area contributed by atoms with Crippen LogP contribution < -0.4 is 4.74 Å².